The second-order valence-corrected chi connectivity index (χ2v) is 4.62. The standard InChI is InChI=1S/C9H11N2O3S/c1-8(10-7-12)11-15(13,14)9-5-3-2-4-6-9/h2-6,8,11H,1H3,(H,10,12). The minimum absolute atomic E-state index is 0.157. The zero-order valence-corrected chi connectivity index (χ0v) is 8.91. The van der Waals surface area contributed by atoms with E-state index in [1.54, 1.807) is 18.2 Å². The summed E-state index contributed by atoms with van der Waals surface area (Å²) >= 11 is 0. The lowest BCUT2D eigenvalue weighted by atomic mass is 10.4. The average molecular weight is 227 g/mol. The third kappa shape index (κ3) is 3.34. The van der Waals surface area contributed by atoms with Gasteiger partial charge < -0.3 is 5.32 Å². The van der Waals surface area contributed by atoms with Crippen molar-refractivity contribution < 1.29 is 13.2 Å². The van der Waals surface area contributed by atoms with E-state index in [4.69, 9.17) is 0 Å². The first-order valence-corrected chi connectivity index (χ1v) is 5.74. The molecule has 0 aliphatic rings. The Balaban J connectivity index is 2.81. The number of carbonyl (C=O) groups excluding carboxylic acids is 1. The van der Waals surface area contributed by atoms with Gasteiger partial charge in [-0.3, -0.25) is 4.79 Å². The van der Waals surface area contributed by atoms with Gasteiger partial charge in [-0.1, -0.05) is 18.2 Å². The van der Waals surface area contributed by atoms with Gasteiger partial charge in [0.15, 0.2) is 0 Å². The van der Waals surface area contributed by atoms with Crippen LogP contribution in [0.4, 0.5) is 0 Å². The summed E-state index contributed by atoms with van der Waals surface area (Å²) in [5.74, 6) is 0. The number of hydrogen-bond donors (Lipinski definition) is 2. The van der Waals surface area contributed by atoms with E-state index in [0.29, 0.717) is 0 Å². The van der Waals surface area contributed by atoms with Crippen LogP contribution in [0.5, 0.6) is 0 Å². The molecule has 0 fully saturated rings. The Morgan fingerprint density at radius 3 is 2.40 bits per heavy atom. The molecule has 0 bridgehead atoms. The minimum Gasteiger partial charge on any atom is -0.332 e. The van der Waals surface area contributed by atoms with Crippen LogP contribution in [0.3, 0.4) is 0 Å². The van der Waals surface area contributed by atoms with Gasteiger partial charge in [0.1, 0.15) is 0 Å². The van der Waals surface area contributed by atoms with Crippen molar-refractivity contribution in [2.45, 2.75) is 18.0 Å². The summed E-state index contributed by atoms with van der Waals surface area (Å²) in [4.78, 5) is 10.1. The molecule has 0 heterocycles. The van der Waals surface area contributed by atoms with Crippen molar-refractivity contribution >= 4 is 16.4 Å². The third-order valence-electron chi connectivity index (χ3n) is 1.66. The molecular formula is C9H11N2O3S. The highest BCUT2D eigenvalue weighted by atomic mass is 32.2. The molecule has 0 aromatic heterocycles. The fourth-order valence-electron chi connectivity index (χ4n) is 1.02. The summed E-state index contributed by atoms with van der Waals surface area (Å²) in [6.07, 6.45) is 0.727. The highest BCUT2D eigenvalue weighted by molar-refractivity contribution is 7.89. The van der Waals surface area contributed by atoms with E-state index < -0.39 is 16.2 Å². The van der Waals surface area contributed by atoms with Crippen LogP contribution in [0.2, 0.25) is 0 Å². The van der Waals surface area contributed by atoms with Crippen molar-refractivity contribution in [1.82, 2.24) is 10.0 Å². The van der Waals surface area contributed by atoms with Crippen molar-refractivity contribution in [1.29, 1.82) is 0 Å². The lowest BCUT2D eigenvalue weighted by Gasteiger charge is -2.12. The number of sulfonamides is 1. The maximum absolute atomic E-state index is 11.6. The first-order chi connectivity index (χ1) is 7.06. The van der Waals surface area contributed by atoms with Gasteiger partial charge in [0.05, 0.1) is 11.1 Å². The summed E-state index contributed by atoms with van der Waals surface area (Å²) in [6, 6.07) is 7.91. The Morgan fingerprint density at radius 1 is 1.27 bits per heavy atom. The molecular weight excluding hydrogens is 216 g/mol. The van der Waals surface area contributed by atoms with Crippen LogP contribution in [-0.2, 0) is 14.8 Å². The number of nitrogens with one attached hydrogen (secondary N) is 2. The molecule has 0 aliphatic carbocycles. The van der Waals surface area contributed by atoms with Gasteiger partial charge >= 0.3 is 6.41 Å². The zero-order chi connectivity index (χ0) is 11.3. The molecule has 6 heteroatoms. The Kier molecular flexibility index (Phi) is 3.81. The van der Waals surface area contributed by atoms with Gasteiger partial charge in [-0.05, 0) is 19.1 Å². The molecule has 1 atom stereocenters. The molecule has 1 radical (unpaired) electrons. The molecule has 0 aliphatic heterocycles. The molecule has 1 aromatic rings. The Hall–Kier alpha value is -1.40. The average Bonchev–Trinajstić information content (AvgIpc) is 2.18. The molecule has 15 heavy (non-hydrogen) atoms. The normalized spacial score (nSPS) is 13.1. The number of amides is 1. The highest BCUT2D eigenvalue weighted by Crippen LogP contribution is 2.06. The van der Waals surface area contributed by atoms with Crippen molar-refractivity contribution in [3.05, 3.63) is 30.3 Å². The van der Waals surface area contributed by atoms with E-state index in [1.165, 1.54) is 25.5 Å². The fourth-order valence-corrected chi connectivity index (χ4v) is 2.19. The molecule has 1 rings (SSSR count). The molecule has 0 spiro atoms. The van der Waals surface area contributed by atoms with Crippen LogP contribution in [0.15, 0.2) is 35.2 Å². The smallest absolute Gasteiger partial charge is 0.310 e. The van der Waals surface area contributed by atoms with Gasteiger partial charge in [-0.15, -0.1) is 0 Å². The molecule has 1 amide bonds. The maximum Gasteiger partial charge on any atom is 0.310 e. The third-order valence-corrected chi connectivity index (χ3v) is 3.22. The quantitative estimate of drug-likeness (QED) is 0.548. The lowest BCUT2D eigenvalue weighted by molar-refractivity contribution is 0.511. The van der Waals surface area contributed by atoms with E-state index in [2.05, 4.69) is 10.0 Å². The minimum atomic E-state index is -3.57. The highest BCUT2D eigenvalue weighted by Gasteiger charge is 2.15. The fraction of sp³-hybridized carbons (Fsp3) is 0.222. The summed E-state index contributed by atoms with van der Waals surface area (Å²) in [7, 11) is -3.57. The second kappa shape index (κ2) is 4.90. The zero-order valence-electron chi connectivity index (χ0n) is 8.10. The summed E-state index contributed by atoms with van der Waals surface area (Å²) in [6.45, 7) is 1.51. The molecule has 5 nitrogen and oxygen atoms in total. The molecule has 1 aromatic carbocycles. The topological polar surface area (TPSA) is 75.3 Å². The number of rotatable bonds is 5. The van der Waals surface area contributed by atoms with Crippen LogP contribution in [0, 0.1) is 0 Å². The van der Waals surface area contributed by atoms with Crippen molar-refractivity contribution in [3.63, 3.8) is 0 Å². The Labute approximate surface area is 88.5 Å². The van der Waals surface area contributed by atoms with Crippen molar-refractivity contribution in [2.24, 2.45) is 0 Å². The van der Waals surface area contributed by atoms with Crippen LogP contribution in [-0.4, -0.2) is 21.0 Å². The predicted octanol–water partition coefficient (Wildman–Crippen LogP) is -0.0323. The van der Waals surface area contributed by atoms with Crippen molar-refractivity contribution in [3.8, 4) is 0 Å². The molecule has 0 saturated carbocycles. The largest absolute Gasteiger partial charge is 0.332 e. The summed E-state index contributed by atoms with van der Waals surface area (Å²) in [5, 5.41) is 2.18. The van der Waals surface area contributed by atoms with Crippen LogP contribution in [0.25, 0.3) is 0 Å². The van der Waals surface area contributed by atoms with Crippen molar-refractivity contribution in [2.75, 3.05) is 0 Å². The summed E-state index contributed by atoms with van der Waals surface area (Å²) in [5.41, 5.74) is 0. The van der Waals surface area contributed by atoms with E-state index >= 15 is 0 Å². The van der Waals surface area contributed by atoms with Gasteiger partial charge in [0, 0.05) is 0 Å². The van der Waals surface area contributed by atoms with E-state index in [-0.39, 0.29) is 4.90 Å². The predicted molar refractivity (Wildman–Crippen MR) is 55.1 cm³/mol. The van der Waals surface area contributed by atoms with Gasteiger partial charge in [-0.25, -0.2) is 8.42 Å². The molecule has 81 valence electrons. The van der Waals surface area contributed by atoms with Gasteiger partial charge in [-0.2, -0.15) is 4.72 Å². The van der Waals surface area contributed by atoms with E-state index in [9.17, 15) is 13.2 Å². The van der Waals surface area contributed by atoms with Crippen LogP contribution >= 0.6 is 0 Å². The monoisotopic (exact) mass is 227 g/mol. The molecule has 1 unspecified atom stereocenters. The second-order valence-electron chi connectivity index (χ2n) is 2.90. The SMILES string of the molecule is CC(N[C]=O)NS(=O)(=O)c1ccccc1. The number of benzene rings is 1. The summed E-state index contributed by atoms with van der Waals surface area (Å²) < 4.78 is 25.5. The lowest BCUT2D eigenvalue weighted by Crippen LogP contribution is -2.42. The Bertz CT molecular complexity index is 416. The van der Waals surface area contributed by atoms with E-state index in [1.807, 2.05) is 0 Å². The van der Waals surface area contributed by atoms with Gasteiger partial charge in [0.25, 0.3) is 0 Å². The first kappa shape index (κ1) is 11.7. The van der Waals surface area contributed by atoms with Crippen LogP contribution < -0.4 is 10.0 Å². The molecule has 0 saturated heterocycles. The van der Waals surface area contributed by atoms with Gasteiger partial charge in [0.2, 0.25) is 10.0 Å². The van der Waals surface area contributed by atoms with E-state index in [0.717, 1.165) is 0 Å². The first-order valence-electron chi connectivity index (χ1n) is 4.26. The van der Waals surface area contributed by atoms with Crippen LogP contribution in [0.1, 0.15) is 6.92 Å². The maximum atomic E-state index is 11.6. The molecule has 2 N–H and O–H groups in total. The number of hydrogen-bond acceptors (Lipinski definition) is 3. The Morgan fingerprint density at radius 2 is 1.87 bits per heavy atom.